The van der Waals surface area contributed by atoms with Crippen molar-refractivity contribution in [2.75, 3.05) is 6.61 Å². The van der Waals surface area contributed by atoms with Crippen molar-refractivity contribution in [1.82, 2.24) is 25.9 Å². The molecule has 29 heavy (non-hydrogen) atoms. The molecule has 0 saturated heterocycles. The maximum absolute atomic E-state index is 12.6. The molecule has 5 unspecified atom stereocenters. The standard InChI is InChI=1S/C16H26N6O7/c1-7(16(28)29)20-14(26)11(3-9-4-18-6-19-9)21-15(27)12(8(2)24)22-13(25)10(17)5-23/h4,6-8,10-12,23-24H,3,5,17H2,1-2H3,(H,18,19)(H,20,26)(H,21,27)(H,22,25)(H,28,29). The summed E-state index contributed by atoms with van der Waals surface area (Å²) in [6.45, 7) is 1.83. The number of hydrogen-bond donors (Lipinski definition) is 8. The zero-order valence-electron chi connectivity index (χ0n) is 16.0. The van der Waals surface area contributed by atoms with Crippen LogP contribution in [0.4, 0.5) is 0 Å². The van der Waals surface area contributed by atoms with Crippen molar-refractivity contribution >= 4 is 23.7 Å². The average molecular weight is 414 g/mol. The summed E-state index contributed by atoms with van der Waals surface area (Å²) in [6, 6.07) is -5.20. The fraction of sp³-hybridized carbons (Fsp3) is 0.562. The zero-order valence-corrected chi connectivity index (χ0v) is 16.0. The van der Waals surface area contributed by atoms with Crippen LogP contribution in [0.2, 0.25) is 0 Å². The van der Waals surface area contributed by atoms with Crippen molar-refractivity contribution in [1.29, 1.82) is 0 Å². The number of aromatic amines is 1. The molecule has 1 heterocycles. The number of nitrogens with two attached hydrogens (primary N) is 1. The van der Waals surface area contributed by atoms with Crippen molar-refractivity contribution in [3.05, 3.63) is 18.2 Å². The highest BCUT2D eigenvalue weighted by atomic mass is 16.4. The zero-order chi connectivity index (χ0) is 22.1. The molecule has 3 amide bonds. The molecule has 13 heteroatoms. The first kappa shape index (κ1) is 24.0. The van der Waals surface area contributed by atoms with Crippen LogP contribution >= 0.6 is 0 Å². The van der Waals surface area contributed by atoms with Crippen LogP contribution in [0.5, 0.6) is 0 Å². The molecule has 5 atom stereocenters. The van der Waals surface area contributed by atoms with E-state index in [4.69, 9.17) is 15.9 Å². The SMILES string of the molecule is CC(NC(=O)C(Cc1cnc[nH]1)NC(=O)C(NC(=O)C(N)CO)C(C)O)C(=O)O. The van der Waals surface area contributed by atoms with E-state index in [2.05, 4.69) is 25.9 Å². The Morgan fingerprint density at radius 3 is 2.28 bits per heavy atom. The summed E-state index contributed by atoms with van der Waals surface area (Å²) in [5.74, 6) is -3.83. The number of carbonyl (C=O) groups is 4. The first-order valence-electron chi connectivity index (χ1n) is 8.72. The van der Waals surface area contributed by atoms with E-state index >= 15 is 0 Å². The van der Waals surface area contributed by atoms with Crippen LogP contribution in [-0.2, 0) is 25.6 Å². The van der Waals surface area contributed by atoms with Gasteiger partial charge in [0, 0.05) is 18.3 Å². The number of nitrogens with one attached hydrogen (secondary N) is 4. The summed E-state index contributed by atoms with van der Waals surface area (Å²) in [5, 5.41) is 34.5. The molecule has 9 N–H and O–H groups in total. The molecule has 0 fully saturated rings. The van der Waals surface area contributed by atoms with Gasteiger partial charge in [-0.25, -0.2) is 4.98 Å². The average Bonchev–Trinajstić information content (AvgIpc) is 3.16. The molecule has 1 rings (SSSR count). The fourth-order valence-corrected chi connectivity index (χ4v) is 2.21. The quantitative estimate of drug-likeness (QED) is 0.178. The number of hydrogen-bond acceptors (Lipinski definition) is 8. The number of rotatable bonds is 11. The minimum atomic E-state index is -1.46. The number of carboxylic acid groups (broad SMARTS) is 1. The highest BCUT2D eigenvalue weighted by molar-refractivity contribution is 5.94. The predicted molar refractivity (Wildman–Crippen MR) is 98.1 cm³/mol. The van der Waals surface area contributed by atoms with Gasteiger partial charge in [-0.3, -0.25) is 19.2 Å². The highest BCUT2D eigenvalue weighted by Crippen LogP contribution is 2.03. The second-order valence-corrected chi connectivity index (χ2v) is 6.43. The maximum atomic E-state index is 12.6. The number of aromatic nitrogens is 2. The van der Waals surface area contributed by atoms with Crippen LogP contribution in [0.25, 0.3) is 0 Å². The van der Waals surface area contributed by atoms with E-state index in [1.54, 1.807) is 0 Å². The smallest absolute Gasteiger partial charge is 0.325 e. The monoisotopic (exact) mass is 414 g/mol. The van der Waals surface area contributed by atoms with Gasteiger partial charge in [-0.05, 0) is 13.8 Å². The van der Waals surface area contributed by atoms with Crippen LogP contribution in [-0.4, -0.2) is 85.9 Å². The number of aliphatic carboxylic acids is 1. The Kier molecular flexibility index (Phi) is 9.18. The minimum Gasteiger partial charge on any atom is -0.480 e. The highest BCUT2D eigenvalue weighted by Gasteiger charge is 2.32. The molecule has 0 bridgehead atoms. The third-order valence-electron chi connectivity index (χ3n) is 3.94. The minimum absolute atomic E-state index is 0.0550. The van der Waals surface area contributed by atoms with Gasteiger partial charge in [-0.1, -0.05) is 0 Å². The van der Waals surface area contributed by atoms with E-state index in [1.165, 1.54) is 26.4 Å². The lowest BCUT2D eigenvalue weighted by Gasteiger charge is -2.25. The van der Waals surface area contributed by atoms with Crippen LogP contribution in [0.15, 0.2) is 12.5 Å². The van der Waals surface area contributed by atoms with E-state index < -0.39 is 60.6 Å². The van der Waals surface area contributed by atoms with Gasteiger partial charge in [-0.2, -0.15) is 0 Å². The van der Waals surface area contributed by atoms with Crippen molar-refractivity contribution < 1.29 is 34.5 Å². The molecular weight excluding hydrogens is 388 g/mol. The Balaban J connectivity index is 2.95. The molecule has 0 saturated carbocycles. The third-order valence-corrected chi connectivity index (χ3v) is 3.94. The van der Waals surface area contributed by atoms with Gasteiger partial charge < -0.3 is 42.0 Å². The molecule has 162 valence electrons. The summed E-state index contributed by atoms with van der Waals surface area (Å²) in [4.78, 5) is 54.4. The maximum Gasteiger partial charge on any atom is 0.325 e. The van der Waals surface area contributed by atoms with Crippen LogP contribution in [0.1, 0.15) is 19.5 Å². The Morgan fingerprint density at radius 2 is 1.79 bits per heavy atom. The van der Waals surface area contributed by atoms with Gasteiger partial charge in [0.2, 0.25) is 17.7 Å². The van der Waals surface area contributed by atoms with Crippen molar-refractivity contribution in [3.63, 3.8) is 0 Å². The molecule has 0 aliphatic rings. The van der Waals surface area contributed by atoms with E-state index in [-0.39, 0.29) is 6.42 Å². The van der Waals surface area contributed by atoms with Gasteiger partial charge in [0.1, 0.15) is 24.2 Å². The number of aliphatic hydroxyl groups excluding tert-OH is 2. The van der Waals surface area contributed by atoms with Gasteiger partial charge >= 0.3 is 5.97 Å². The van der Waals surface area contributed by atoms with Gasteiger partial charge in [-0.15, -0.1) is 0 Å². The second kappa shape index (κ2) is 11.1. The number of nitrogens with zero attached hydrogens (tertiary/aromatic N) is 1. The topological polar surface area (TPSA) is 220 Å². The van der Waals surface area contributed by atoms with E-state index in [1.807, 2.05) is 0 Å². The lowest BCUT2D eigenvalue weighted by molar-refractivity contribution is -0.142. The number of amides is 3. The summed E-state index contributed by atoms with van der Waals surface area (Å²) >= 11 is 0. The first-order valence-corrected chi connectivity index (χ1v) is 8.72. The molecule has 0 aromatic carbocycles. The van der Waals surface area contributed by atoms with Crippen LogP contribution < -0.4 is 21.7 Å². The molecular formula is C16H26N6O7. The Bertz CT molecular complexity index is 709. The van der Waals surface area contributed by atoms with E-state index in [0.717, 1.165) is 0 Å². The van der Waals surface area contributed by atoms with E-state index in [9.17, 15) is 24.3 Å². The number of H-pyrrole nitrogens is 1. The largest absolute Gasteiger partial charge is 0.480 e. The van der Waals surface area contributed by atoms with Gasteiger partial charge in [0.25, 0.3) is 0 Å². The molecule has 13 nitrogen and oxygen atoms in total. The lowest BCUT2D eigenvalue weighted by Crippen LogP contribution is -2.60. The van der Waals surface area contributed by atoms with Gasteiger partial charge in [0.05, 0.1) is 19.0 Å². The predicted octanol–water partition coefficient (Wildman–Crippen LogP) is -3.79. The Hall–Kier alpha value is -3.03. The Morgan fingerprint density at radius 1 is 1.14 bits per heavy atom. The van der Waals surface area contributed by atoms with Crippen LogP contribution in [0, 0.1) is 0 Å². The fourth-order valence-electron chi connectivity index (χ4n) is 2.21. The molecule has 0 aliphatic carbocycles. The van der Waals surface area contributed by atoms with Gasteiger partial charge in [0.15, 0.2) is 0 Å². The third kappa shape index (κ3) is 7.48. The van der Waals surface area contributed by atoms with Crippen molar-refractivity contribution in [3.8, 4) is 0 Å². The van der Waals surface area contributed by atoms with Crippen molar-refractivity contribution in [2.45, 2.75) is 50.5 Å². The Labute approximate surface area is 166 Å². The first-order chi connectivity index (χ1) is 13.6. The second-order valence-electron chi connectivity index (χ2n) is 6.43. The summed E-state index contributed by atoms with van der Waals surface area (Å²) in [7, 11) is 0. The number of carboxylic acids is 1. The van der Waals surface area contributed by atoms with Crippen LogP contribution in [0.3, 0.4) is 0 Å². The van der Waals surface area contributed by atoms with E-state index in [0.29, 0.717) is 5.69 Å². The molecule has 0 radical (unpaired) electrons. The normalized spacial score (nSPS) is 16.0. The summed E-state index contributed by atoms with van der Waals surface area (Å²) in [5.41, 5.74) is 5.86. The van der Waals surface area contributed by atoms with Crippen molar-refractivity contribution in [2.24, 2.45) is 5.73 Å². The summed E-state index contributed by atoms with van der Waals surface area (Å²) < 4.78 is 0. The molecule has 0 spiro atoms. The number of imidazole rings is 1. The number of aliphatic hydroxyl groups is 2. The molecule has 1 aromatic heterocycles. The molecule has 0 aliphatic heterocycles. The number of carbonyl (C=O) groups excluding carboxylic acids is 3. The summed E-state index contributed by atoms with van der Waals surface area (Å²) in [6.07, 6.45) is 1.38. The molecule has 1 aromatic rings. The lowest BCUT2D eigenvalue weighted by atomic mass is 10.1.